The van der Waals surface area contributed by atoms with Crippen molar-refractivity contribution in [1.29, 1.82) is 0 Å². The largest absolute Gasteiger partial charge is 0.497 e. The van der Waals surface area contributed by atoms with Crippen molar-refractivity contribution in [2.45, 2.75) is 33.1 Å². The number of carbonyl (C=O) groups is 2. The molecule has 0 saturated heterocycles. The third-order valence-electron chi connectivity index (χ3n) is 4.75. The van der Waals surface area contributed by atoms with Crippen LogP contribution in [0.3, 0.4) is 0 Å². The highest BCUT2D eigenvalue weighted by molar-refractivity contribution is 5.94. The Morgan fingerprint density at radius 3 is 2.69 bits per heavy atom. The number of nitrogens with one attached hydrogen (secondary N) is 1. The normalized spacial score (nSPS) is 10.9. The minimum Gasteiger partial charge on any atom is -0.497 e. The maximum Gasteiger partial charge on any atom is 0.310 e. The number of methoxy groups -OCH3 is 1. The number of hydrogen-bond acceptors (Lipinski definition) is 5. The van der Waals surface area contributed by atoms with Gasteiger partial charge in [-0.15, -0.1) is 0 Å². The standard InChI is InChI=1S/C23H25NO5/c1-14(2)18-7-5-6-15(3)23(18)24-21(25)13-29-22(26)10-16-12-28-20-11-17(27-4)8-9-19(16)20/h5-9,11-12,14H,10,13H2,1-4H3,(H,24,25). The van der Waals surface area contributed by atoms with Crippen LogP contribution in [0.5, 0.6) is 5.75 Å². The fourth-order valence-corrected chi connectivity index (χ4v) is 3.20. The SMILES string of the molecule is COc1ccc2c(CC(=O)OCC(=O)Nc3c(C)cccc3C(C)C)coc2c1. The average Bonchev–Trinajstić information content (AvgIpc) is 3.09. The Labute approximate surface area is 169 Å². The molecule has 0 unspecified atom stereocenters. The molecule has 6 heteroatoms. The molecule has 1 N–H and O–H groups in total. The fourth-order valence-electron chi connectivity index (χ4n) is 3.20. The van der Waals surface area contributed by atoms with Gasteiger partial charge < -0.3 is 19.2 Å². The van der Waals surface area contributed by atoms with Gasteiger partial charge in [-0.2, -0.15) is 0 Å². The van der Waals surface area contributed by atoms with Gasteiger partial charge in [0.05, 0.1) is 19.8 Å². The van der Waals surface area contributed by atoms with Gasteiger partial charge in [-0.3, -0.25) is 9.59 Å². The monoisotopic (exact) mass is 395 g/mol. The summed E-state index contributed by atoms with van der Waals surface area (Å²) >= 11 is 0. The molecule has 29 heavy (non-hydrogen) atoms. The first-order valence-corrected chi connectivity index (χ1v) is 9.48. The molecule has 1 heterocycles. The molecule has 1 amide bonds. The minimum atomic E-state index is -0.493. The number of carbonyl (C=O) groups excluding carboxylic acids is 2. The molecule has 0 bridgehead atoms. The van der Waals surface area contributed by atoms with Crippen LogP contribution in [0.1, 0.15) is 36.5 Å². The van der Waals surface area contributed by atoms with E-state index in [2.05, 4.69) is 19.2 Å². The van der Waals surface area contributed by atoms with E-state index in [0.29, 0.717) is 16.9 Å². The minimum absolute atomic E-state index is 0.0220. The smallest absolute Gasteiger partial charge is 0.310 e. The molecule has 0 atom stereocenters. The van der Waals surface area contributed by atoms with Crippen LogP contribution in [0.25, 0.3) is 11.0 Å². The maximum atomic E-state index is 12.3. The van der Waals surface area contributed by atoms with Gasteiger partial charge in [0.15, 0.2) is 6.61 Å². The molecule has 0 aliphatic carbocycles. The molecule has 152 valence electrons. The van der Waals surface area contributed by atoms with Gasteiger partial charge >= 0.3 is 5.97 Å². The third-order valence-corrected chi connectivity index (χ3v) is 4.75. The Hall–Kier alpha value is -3.28. The molecule has 0 saturated carbocycles. The lowest BCUT2D eigenvalue weighted by Gasteiger charge is -2.16. The predicted octanol–water partition coefficient (Wildman–Crippen LogP) is 4.60. The van der Waals surface area contributed by atoms with Crippen molar-refractivity contribution in [3.63, 3.8) is 0 Å². The van der Waals surface area contributed by atoms with Gasteiger partial charge in [0.2, 0.25) is 0 Å². The van der Waals surface area contributed by atoms with E-state index in [1.807, 2.05) is 31.2 Å². The first-order valence-electron chi connectivity index (χ1n) is 9.48. The van der Waals surface area contributed by atoms with Gasteiger partial charge in [-0.05, 0) is 36.1 Å². The van der Waals surface area contributed by atoms with Crippen LogP contribution in [0.15, 0.2) is 47.1 Å². The summed E-state index contributed by atoms with van der Waals surface area (Å²) in [7, 11) is 1.58. The summed E-state index contributed by atoms with van der Waals surface area (Å²) < 4.78 is 15.8. The summed E-state index contributed by atoms with van der Waals surface area (Å²) in [6, 6.07) is 11.3. The van der Waals surface area contributed by atoms with Crippen molar-refractivity contribution in [3.8, 4) is 5.75 Å². The van der Waals surface area contributed by atoms with Gasteiger partial charge in [-0.25, -0.2) is 0 Å². The second kappa shape index (κ2) is 8.82. The van der Waals surface area contributed by atoms with E-state index in [0.717, 1.165) is 22.2 Å². The molecule has 0 aliphatic rings. The molecular formula is C23H25NO5. The number of esters is 1. The molecule has 1 aromatic heterocycles. The van der Waals surface area contributed by atoms with Crippen molar-refractivity contribution >= 4 is 28.5 Å². The van der Waals surface area contributed by atoms with Crippen LogP contribution in [0.4, 0.5) is 5.69 Å². The topological polar surface area (TPSA) is 77.8 Å². The van der Waals surface area contributed by atoms with E-state index in [1.165, 1.54) is 6.26 Å². The molecule has 3 rings (SSSR count). The van der Waals surface area contributed by atoms with Gasteiger partial charge in [0, 0.05) is 22.7 Å². The molecule has 6 nitrogen and oxygen atoms in total. The Morgan fingerprint density at radius 2 is 1.97 bits per heavy atom. The van der Waals surface area contributed by atoms with Crippen LogP contribution in [-0.2, 0) is 20.7 Å². The lowest BCUT2D eigenvalue weighted by Crippen LogP contribution is -2.22. The van der Waals surface area contributed by atoms with E-state index in [4.69, 9.17) is 13.9 Å². The highest BCUT2D eigenvalue weighted by atomic mass is 16.5. The van der Waals surface area contributed by atoms with Gasteiger partial charge in [0.25, 0.3) is 5.91 Å². The van der Waals surface area contributed by atoms with Crippen molar-refractivity contribution in [3.05, 3.63) is 59.4 Å². The van der Waals surface area contributed by atoms with Crippen LogP contribution < -0.4 is 10.1 Å². The highest BCUT2D eigenvalue weighted by Crippen LogP contribution is 2.28. The van der Waals surface area contributed by atoms with Gasteiger partial charge in [-0.1, -0.05) is 32.0 Å². The Balaban J connectivity index is 1.60. The molecule has 0 fully saturated rings. The van der Waals surface area contributed by atoms with Crippen molar-refractivity contribution in [1.82, 2.24) is 0 Å². The average molecular weight is 395 g/mol. The molecule has 0 radical (unpaired) electrons. The van der Waals surface area contributed by atoms with E-state index >= 15 is 0 Å². The number of ether oxygens (including phenoxy) is 2. The molecule has 0 spiro atoms. The number of aryl methyl sites for hydroxylation is 1. The summed E-state index contributed by atoms with van der Waals surface area (Å²) in [5, 5.41) is 3.68. The number of fused-ring (bicyclic) bond motifs is 1. The zero-order valence-corrected chi connectivity index (χ0v) is 17.1. The number of rotatable bonds is 7. The molecule has 0 aliphatic heterocycles. The lowest BCUT2D eigenvalue weighted by molar-refractivity contribution is -0.146. The summed E-state index contributed by atoms with van der Waals surface area (Å²) in [5.74, 6) is 0.0826. The van der Waals surface area contributed by atoms with Crippen molar-refractivity contribution < 1.29 is 23.5 Å². The van der Waals surface area contributed by atoms with Gasteiger partial charge in [0.1, 0.15) is 11.3 Å². The number of amides is 1. The second-order valence-electron chi connectivity index (χ2n) is 7.20. The number of anilines is 1. The van der Waals surface area contributed by atoms with E-state index in [-0.39, 0.29) is 24.9 Å². The third kappa shape index (κ3) is 4.77. The quantitative estimate of drug-likeness (QED) is 0.592. The fraction of sp³-hybridized carbons (Fsp3) is 0.304. The highest BCUT2D eigenvalue weighted by Gasteiger charge is 2.16. The number of para-hydroxylation sites is 1. The summed E-state index contributed by atoms with van der Waals surface area (Å²) in [6.07, 6.45) is 1.54. The second-order valence-corrected chi connectivity index (χ2v) is 7.20. The number of hydrogen-bond donors (Lipinski definition) is 1. The number of furan rings is 1. The Kier molecular flexibility index (Phi) is 6.22. The zero-order valence-electron chi connectivity index (χ0n) is 17.1. The summed E-state index contributed by atoms with van der Waals surface area (Å²) in [4.78, 5) is 24.5. The maximum absolute atomic E-state index is 12.3. The lowest BCUT2D eigenvalue weighted by atomic mass is 9.98. The summed E-state index contributed by atoms with van der Waals surface area (Å²) in [5.41, 5.74) is 4.12. The molecule has 2 aromatic carbocycles. The zero-order chi connectivity index (χ0) is 21.0. The Bertz CT molecular complexity index is 1030. The van der Waals surface area contributed by atoms with Crippen LogP contribution in [0.2, 0.25) is 0 Å². The first kappa shape index (κ1) is 20.5. The molecule has 3 aromatic rings. The predicted molar refractivity (Wildman–Crippen MR) is 111 cm³/mol. The van der Waals surface area contributed by atoms with Crippen LogP contribution in [-0.4, -0.2) is 25.6 Å². The summed E-state index contributed by atoms with van der Waals surface area (Å²) in [6.45, 7) is 5.73. The van der Waals surface area contributed by atoms with E-state index in [1.54, 1.807) is 19.2 Å². The van der Waals surface area contributed by atoms with Crippen molar-refractivity contribution in [2.24, 2.45) is 0 Å². The molecular weight excluding hydrogens is 370 g/mol. The van der Waals surface area contributed by atoms with Crippen molar-refractivity contribution in [2.75, 3.05) is 19.0 Å². The van der Waals surface area contributed by atoms with Crippen LogP contribution in [0, 0.1) is 6.92 Å². The number of benzene rings is 2. The first-order chi connectivity index (χ1) is 13.9. The van der Waals surface area contributed by atoms with Crippen LogP contribution >= 0.6 is 0 Å². The van der Waals surface area contributed by atoms with E-state index < -0.39 is 5.97 Å². The Morgan fingerprint density at radius 1 is 1.17 bits per heavy atom. The van der Waals surface area contributed by atoms with E-state index in [9.17, 15) is 9.59 Å².